The predicted molar refractivity (Wildman–Crippen MR) is 74.6 cm³/mol. The van der Waals surface area contributed by atoms with Gasteiger partial charge in [0.25, 0.3) is 5.91 Å². The van der Waals surface area contributed by atoms with E-state index in [1.165, 1.54) is 37.4 Å². The molecule has 0 aliphatic rings. The second kappa shape index (κ2) is 6.00. The van der Waals surface area contributed by atoms with Gasteiger partial charge in [-0.1, -0.05) is 0 Å². The summed E-state index contributed by atoms with van der Waals surface area (Å²) in [6, 6.07) is 6.44. The van der Waals surface area contributed by atoms with Gasteiger partial charge in [0.1, 0.15) is 5.82 Å². The molecule has 6 nitrogen and oxygen atoms in total. The first-order chi connectivity index (χ1) is 9.97. The van der Waals surface area contributed by atoms with Crippen LogP contribution < -0.4 is 10.6 Å². The molecule has 0 saturated carbocycles. The van der Waals surface area contributed by atoms with Gasteiger partial charge in [-0.15, -0.1) is 0 Å². The van der Waals surface area contributed by atoms with Crippen LogP contribution in [0.4, 0.5) is 15.9 Å². The van der Waals surface area contributed by atoms with Gasteiger partial charge in [0, 0.05) is 18.8 Å². The van der Waals surface area contributed by atoms with Crippen LogP contribution >= 0.6 is 0 Å². The van der Waals surface area contributed by atoms with Crippen molar-refractivity contribution in [2.75, 3.05) is 10.6 Å². The van der Waals surface area contributed by atoms with E-state index >= 15 is 0 Å². The molecule has 0 bridgehead atoms. The third kappa shape index (κ3) is 3.53. The van der Waals surface area contributed by atoms with Gasteiger partial charge in [-0.05, 0) is 30.3 Å². The van der Waals surface area contributed by atoms with E-state index in [-0.39, 0.29) is 23.0 Å². The Balaban J connectivity index is 2.26. The minimum atomic E-state index is -0.784. The van der Waals surface area contributed by atoms with Crippen LogP contribution in [0, 0.1) is 5.82 Å². The largest absolute Gasteiger partial charge is 0.504 e. The maximum Gasteiger partial charge on any atom is 0.259 e. The molecule has 108 valence electrons. The van der Waals surface area contributed by atoms with Crippen molar-refractivity contribution in [2.24, 2.45) is 0 Å². The number of halogens is 1. The second-order valence-corrected chi connectivity index (χ2v) is 4.20. The van der Waals surface area contributed by atoms with Crippen LogP contribution in [0.15, 0.2) is 36.5 Å². The summed E-state index contributed by atoms with van der Waals surface area (Å²) in [5.74, 6) is -2.18. The molecular formula is C14H12FN3O3. The summed E-state index contributed by atoms with van der Waals surface area (Å²) in [5.41, 5.74) is 0.0191. The van der Waals surface area contributed by atoms with Crippen LogP contribution in [0.25, 0.3) is 0 Å². The minimum Gasteiger partial charge on any atom is -0.504 e. The number of aromatic nitrogens is 1. The number of carbonyl (C=O) groups is 2. The molecule has 2 aromatic rings. The molecule has 1 aromatic heterocycles. The van der Waals surface area contributed by atoms with Crippen LogP contribution in [0.1, 0.15) is 17.3 Å². The number of hydrogen-bond acceptors (Lipinski definition) is 4. The molecule has 7 heteroatoms. The molecule has 1 aromatic carbocycles. The Labute approximate surface area is 119 Å². The highest BCUT2D eigenvalue weighted by Crippen LogP contribution is 2.21. The van der Waals surface area contributed by atoms with Crippen LogP contribution in [-0.2, 0) is 4.79 Å². The Hall–Kier alpha value is -2.96. The normalized spacial score (nSPS) is 10.0. The van der Waals surface area contributed by atoms with Crippen LogP contribution in [0.2, 0.25) is 0 Å². The Morgan fingerprint density at radius 1 is 1.24 bits per heavy atom. The minimum absolute atomic E-state index is 0.0770. The number of amides is 2. The Morgan fingerprint density at radius 3 is 2.67 bits per heavy atom. The van der Waals surface area contributed by atoms with Crippen LogP contribution in [0.3, 0.4) is 0 Å². The van der Waals surface area contributed by atoms with Gasteiger partial charge in [-0.2, -0.15) is 0 Å². The zero-order valence-electron chi connectivity index (χ0n) is 11.1. The van der Waals surface area contributed by atoms with Gasteiger partial charge >= 0.3 is 0 Å². The summed E-state index contributed by atoms with van der Waals surface area (Å²) >= 11 is 0. The molecule has 2 rings (SSSR count). The molecule has 0 aliphatic heterocycles. The average molecular weight is 289 g/mol. The van der Waals surface area contributed by atoms with E-state index in [0.29, 0.717) is 5.69 Å². The van der Waals surface area contributed by atoms with Gasteiger partial charge in [-0.25, -0.2) is 9.37 Å². The van der Waals surface area contributed by atoms with Gasteiger partial charge in [-0.3, -0.25) is 9.59 Å². The summed E-state index contributed by atoms with van der Waals surface area (Å²) in [7, 11) is 0. The van der Waals surface area contributed by atoms with Crippen molar-refractivity contribution in [1.82, 2.24) is 4.98 Å². The Kier molecular flexibility index (Phi) is 4.13. The molecule has 0 saturated heterocycles. The van der Waals surface area contributed by atoms with E-state index in [4.69, 9.17) is 0 Å². The third-order valence-electron chi connectivity index (χ3n) is 2.55. The van der Waals surface area contributed by atoms with Gasteiger partial charge < -0.3 is 15.7 Å². The van der Waals surface area contributed by atoms with Crippen LogP contribution in [-0.4, -0.2) is 21.9 Å². The van der Waals surface area contributed by atoms with Crippen molar-refractivity contribution >= 4 is 23.3 Å². The summed E-state index contributed by atoms with van der Waals surface area (Å²) in [6.45, 7) is 1.30. The molecule has 0 aliphatic carbocycles. The number of benzene rings is 1. The van der Waals surface area contributed by atoms with Gasteiger partial charge in [0.2, 0.25) is 5.91 Å². The highest BCUT2D eigenvalue weighted by molar-refractivity contribution is 6.05. The van der Waals surface area contributed by atoms with E-state index in [0.717, 1.165) is 6.07 Å². The lowest BCUT2D eigenvalue weighted by Gasteiger charge is -2.08. The fourth-order valence-electron chi connectivity index (χ4n) is 1.65. The lowest BCUT2D eigenvalue weighted by molar-refractivity contribution is -0.114. The van der Waals surface area contributed by atoms with Gasteiger partial charge in [0.05, 0.1) is 5.56 Å². The van der Waals surface area contributed by atoms with Crippen molar-refractivity contribution in [3.05, 3.63) is 47.9 Å². The fraction of sp³-hybridized carbons (Fsp3) is 0.0714. The fourth-order valence-corrected chi connectivity index (χ4v) is 1.65. The number of pyridine rings is 1. The van der Waals surface area contributed by atoms with Gasteiger partial charge in [0.15, 0.2) is 11.6 Å². The first-order valence-corrected chi connectivity index (χ1v) is 6.00. The van der Waals surface area contributed by atoms with Crippen molar-refractivity contribution in [3.63, 3.8) is 0 Å². The smallest absolute Gasteiger partial charge is 0.259 e. The lowest BCUT2D eigenvalue weighted by Crippen LogP contribution is -2.16. The summed E-state index contributed by atoms with van der Waals surface area (Å²) < 4.78 is 13.7. The summed E-state index contributed by atoms with van der Waals surface area (Å²) in [4.78, 5) is 26.7. The molecule has 0 fully saturated rings. The molecule has 0 spiro atoms. The van der Waals surface area contributed by atoms with Crippen molar-refractivity contribution < 1.29 is 19.1 Å². The first kappa shape index (κ1) is 14.4. The quantitative estimate of drug-likeness (QED) is 0.807. The number of rotatable bonds is 3. The average Bonchev–Trinajstić information content (AvgIpc) is 2.43. The van der Waals surface area contributed by atoms with Crippen LogP contribution in [0.5, 0.6) is 5.75 Å². The summed E-state index contributed by atoms with van der Waals surface area (Å²) in [6.07, 6.45) is 1.37. The monoisotopic (exact) mass is 289 g/mol. The standard InChI is InChI=1S/C14H12FN3O3/c1-8(19)17-9-4-5-11(15)10(7-9)14(21)18-13-12(20)3-2-6-16-13/h2-7,20H,1H3,(H,17,19)(H,16,18,21). The van der Waals surface area contributed by atoms with E-state index in [1.807, 2.05) is 0 Å². The molecule has 0 unspecified atom stereocenters. The number of hydrogen-bond donors (Lipinski definition) is 3. The Bertz CT molecular complexity index is 704. The maximum absolute atomic E-state index is 13.7. The van der Waals surface area contributed by atoms with E-state index in [1.54, 1.807) is 0 Å². The maximum atomic E-state index is 13.7. The van der Waals surface area contributed by atoms with Crippen molar-refractivity contribution in [2.45, 2.75) is 6.92 Å². The summed E-state index contributed by atoms with van der Waals surface area (Å²) in [5, 5.41) is 14.3. The van der Waals surface area contributed by atoms with Crippen molar-refractivity contribution in [3.8, 4) is 5.75 Å². The number of nitrogens with zero attached hydrogens (tertiary/aromatic N) is 1. The lowest BCUT2D eigenvalue weighted by atomic mass is 10.1. The van der Waals surface area contributed by atoms with E-state index < -0.39 is 11.7 Å². The molecule has 0 radical (unpaired) electrons. The molecule has 1 heterocycles. The molecule has 0 atom stereocenters. The number of anilines is 2. The Morgan fingerprint density at radius 2 is 2.00 bits per heavy atom. The van der Waals surface area contributed by atoms with E-state index in [2.05, 4.69) is 15.6 Å². The second-order valence-electron chi connectivity index (χ2n) is 4.20. The SMILES string of the molecule is CC(=O)Nc1ccc(F)c(C(=O)Nc2ncccc2O)c1. The predicted octanol–water partition coefficient (Wildman–Crippen LogP) is 2.14. The number of carbonyl (C=O) groups excluding carboxylic acids is 2. The zero-order valence-corrected chi connectivity index (χ0v) is 11.1. The first-order valence-electron chi connectivity index (χ1n) is 6.00. The number of aromatic hydroxyl groups is 1. The third-order valence-corrected chi connectivity index (χ3v) is 2.55. The molecule has 3 N–H and O–H groups in total. The zero-order chi connectivity index (χ0) is 15.4. The number of nitrogens with one attached hydrogen (secondary N) is 2. The molecule has 2 amide bonds. The topological polar surface area (TPSA) is 91.3 Å². The molecular weight excluding hydrogens is 277 g/mol. The highest BCUT2D eigenvalue weighted by Gasteiger charge is 2.15. The van der Waals surface area contributed by atoms with Crippen molar-refractivity contribution in [1.29, 1.82) is 0 Å². The molecule has 21 heavy (non-hydrogen) atoms. The van der Waals surface area contributed by atoms with E-state index in [9.17, 15) is 19.1 Å². The highest BCUT2D eigenvalue weighted by atomic mass is 19.1.